The van der Waals surface area contributed by atoms with E-state index in [2.05, 4.69) is 4.72 Å². The van der Waals surface area contributed by atoms with Crippen molar-refractivity contribution in [3.05, 3.63) is 28.3 Å². The molecule has 0 aliphatic heterocycles. The quantitative estimate of drug-likeness (QED) is 0.481. The maximum Gasteiger partial charge on any atom is 0.293 e. The molecule has 1 rings (SSSR count). The van der Waals surface area contributed by atoms with Crippen LogP contribution in [-0.2, 0) is 10.0 Å². The standard InChI is InChI=1S/C9H11ClN2O5S/c1-17-7-2-3-9(8(6-7)12(13)14)18(15,16)11-5-4-10/h2-3,6,11H,4-5H2,1H3. The van der Waals surface area contributed by atoms with Crippen molar-refractivity contribution in [3.8, 4) is 5.75 Å². The van der Waals surface area contributed by atoms with Crippen LogP contribution in [0.4, 0.5) is 5.69 Å². The summed E-state index contributed by atoms with van der Waals surface area (Å²) in [6.07, 6.45) is 0. The molecule has 0 aliphatic carbocycles. The van der Waals surface area contributed by atoms with Gasteiger partial charge in [-0.05, 0) is 12.1 Å². The van der Waals surface area contributed by atoms with E-state index in [1.54, 1.807) is 0 Å². The summed E-state index contributed by atoms with van der Waals surface area (Å²) < 4.78 is 30.6. The van der Waals surface area contributed by atoms with Crippen LogP contribution in [0.15, 0.2) is 23.1 Å². The van der Waals surface area contributed by atoms with Gasteiger partial charge in [0.25, 0.3) is 5.69 Å². The summed E-state index contributed by atoms with van der Waals surface area (Å²) in [5.74, 6) is 0.279. The fourth-order valence-corrected chi connectivity index (χ4v) is 2.63. The predicted molar refractivity (Wildman–Crippen MR) is 65.6 cm³/mol. The molecule has 0 atom stereocenters. The predicted octanol–water partition coefficient (Wildman–Crippen LogP) is 1.12. The number of nitro benzene ring substituents is 1. The molecule has 0 saturated carbocycles. The lowest BCUT2D eigenvalue weighted by atomic mass is 10.3. The lowest BCUT2D eigenvalue weighted by Gasteiger charge is -2.07. The first-order chi connectivity index (χ1) is 8.42. The largest absolute Gasteiger partial charge is 0.497 e. The Morgan fingerprint density at radius 2 is 2.17 bits per heavy atom. The molecule has 100 valence electrons. The number of halogens is 1. The molecule has 0 fully saturated rings. The van der Waals surface area contributed by atoms with E-state index in [1.807, 2.05) is 0 Å². The zero-order valence-electron chi connectivity index (χ0n) is 9.42. The first-order valence-electron chi connectivity index (χ1n) is 4.80. The van der Waals surface area contributed by atoms with Gasteiger partial charge in [-0.25, -0.2) is 13.1 Å². The Hall–Kier alpha value is -1.38. The maximum absolute atomic E-state index is 11.8. The molecular formula is C9H11ClN2O5S. The Balaban J connectivity index is 3.27. The number of ether oxygens (including phenoxy) is 1. The fourth-order valence-electron chi connectivity index (χ4n) is 1.24. The highest BCUT2D eigenvalue weighted by atomic mass is 35.5. The van der Waals surface area contributed by atoms with E-state index in [9.17, 15) is 18.5 Å². The number of methoxy groups -OCH3 is 1. The van der Waals surface area contributed by atoms with Gasteiger partial charge in [0.2, 0.25) is 10.0 Å². The summed E-state index contributed by atoms with van der Waals surface area (Å²) in [4.78, 5) is 9.64. The van der Waals surface area contributed by atoms with Crippen molar-refractivity contribution in [1.82, 2.24) is 4.72 Å². The topological polar surface area (TPSA) is 98.5 Å². The van der Waals surface area contributed by atoms with Crippen LogP contribution in [0.2, 0.25) is 0 Å². The van der Waals surface area contributed by atoms with Gasteiger partial charge in [-0.1, -0.05) is 0 Å². The number of sulfonamides is 1. The molecule has 0 aromatic heterocycles. The highest BCUT2D eigenvalue weighted by molar-refractivity contribution is 7.89. The number of nitrogens with zero attached hydrogens (tertiary/aromatic N) is 1. The molecule has 1 aromatic rings. The number of benzene rings is 1. The molecule has 0 amide bonds. The molecule has 0 radical (unpaired) electrons. The van der Waals surface area contributed by atoms with E-state index >= 15 is 0 Å². The number of hydrogen-bond acceptors (Lipinski definition) is 5. The Bertz CT molecular complexity index is 546. The van der Waals surface area contributed by atoms with E-state index < -0.39 is 25.5 Å². The monoisotopic (exact) mass is 294 g/mol. The summed E-state index contributed by atoms with van der Waals surface area (Å²) in [5.41, 5.74) is -0.545. The van der Waals surface area contributed by atoms with Crippen molar-refractivity contribution >= 4 is 27.3 Å². The molecule has 0 bridgehead atoms. The third kappa shape index (κ3) is 3.31. The Morgan fingerprint density at radius 1 is 1.50 bits per heavy atom. The first-order valence-corrected chi connectivity index (χ1v) is 6.82. The molecule has 1 N–H and O–H groups in total. The molecule has 9 heteroatoms. The fraction of sp³-hybridized carbons (Fsp3) is 0.333. The molecule has 0 aliphatic rings. The van der Waals surface area contributed by atoms with Gasteiger partial charge in [0, 0.05) is 12.4 Å². The van der Waals surface area contributed by atoms with E-state index in [0.717, 1.165) is 12.1 Å². The molecule has 0 spiro atoms. The van der Waals surface area contributed by atoms with E-state index in [4.69, 9.17) is 16.3 Å². The van der Waals surface area contributed by atoms with Crippen LogP contribution in [0.3, 0.4) is 0 Å². The Morgan fingerprint density at radius 3 is 2.67 bits per heavy atom. The third-order valence-corrected chi connectivity index (χ3v) is 3.74. The Kier molecular flexibility index (Phi) is 4.88. The average molecular weight is 295 g/mol. The van der Waals surface area contributed by atoms with Crippen LogP contribution in [0.5, 0.6) is 5.75 Å². The lowest BCUT2D eigenvalue weighted by molar-refractivity contribution is -0.387. The minimum atomic E-state index is -3.95. The van der Waals surface area contributed by atoms with Crippen molar-refractivity contribution in [3.63, 3.8) is 0 Å². The van der Waals surface area contributed by atoms with Crippen LogP contribution in [-0.4, -0.2) is 32.9 Å². The van der Waals surface area contributed by atoms with E-state index in [1.165, 1.54) is 13.2 Å². The van der Waals surface area contributed by atoms with Gasteiger partial charge < -0.3 is 4.74 Å². The van der Waals surface area contributed by atoms with Crippen LogP contribution in [0.1, 0.15) is 0 Å². The third-order valence-electron chi connectivity index (χ3n) is 2.04. The average Bonchev–Trinajstić information content (AvgIpc) is 2.35. The summed E-state index contributed by atoms with van der Waals surface area (Å²) in [6.45, 7) is -0.00687. The number of nitrogens with one attached hydrogen (secondary N) is 1. The Labute approximate surface area is 109 Å². The van der Waals surface area contributed by atoms with Crippen molar-refractivity contribution in [2.75, 3.05) is 19.5 Å². The van der Waals surface area contributed by atoms with Crippen molar-refractivity contribution in [1.29, 1.82) is 0 Å². The van der Waals surface area contributed by atoms with Gasteiger partial charge in [0.15, 0.2) is 4.90 Å². The molecule has 1 aromatic carbocycles. The van der Waals surface area contributed by atoms with Gasteiger partial charge in [-0.15, -0.1) is 11.6 Å². The minimum Gasteiger partial charge on any atom is -0.497 e. The van der Waals surface area contributed by atoms with Crippen LogP contribution in [0.25, 0.3) is 0 Å². The zero-order chi connectivity index (χ0) is 13.8. The highest BCUT2D eigenvalue weighted by Gasteiger charge is 2.25. The molecule has 18 heavy (non-hydrogen) atoms. The summed E-state index contributed by atoms with van der Waals surface area (Å²) in [7, 11) is -2.62. The summed E-state index contributed by atoms with van der Waals surface area (Å²) in [5, 5.41) is 10.8. The number of alkyl halides is 1. The minimum absolute atomic E-state index is 0.00687. The highest BCUT2D eigenvalue weighted by Crippen LogP contribution is 2.27. The van der Waals surface area contributed by atoms with Crippen LogP contribution >= 0.6 is 11.6 Å². The van der Waals surface area contributed by atoms with Gasteiger partial charge in [-0.3, -0.25) is 10.1 Å². The second-order valence-electron chi connectivity index (χ2n) is 3.18. The molecule has 0 saturated heterocycles. The second kappa shape index (κ2) is 5.98. The maximum atomic E-state index is 11.8. The van der Waals surface area contributed by atoms with E-state index in [0.29, 0.717) is 0 Å². The second-order valence-corrected chi connectivity index (χ2v) is 5.29. The molecule has 7 nitrogen and oxygen atoms in total. The van der Waals surface area contributed by atoms with Crippen LogP contribution < -0.4 is 9.46 Å². The van der Waals surface area contributed by atoms with Gasteiger partial charge in [-0.2, -0.15) is 0 Å². The number of nitro groups is 1. The number of rotatable bonds is 6. The van der Waals surface area contributed by atoms with Gasteiger partial charge in [0.1, 0.15) is 5.75 Å². The first kappa shape index (κ1) is 14.7. The van der Waals surface area contributed by atoms with Crippen molar-refractivity contribution in [2.24, 2.45) is 0 Å². The normalized spacial score (nSPS) is 11.2. The molecule has 0 unspecified atom stereocenters. The molecule has 0 heterocycles. The summed E-state index contributed by atoms with van der Waals surface area (Å²) in [6, 6.07) is 3.51. The van der Waals surface area contributed by atoms with Crippen LogP contribution in [0, 0.1) is 10.1 Å². The SMILES string of the molecule is COc1ccc(S(=O)(=O)NCCCl)c([N+](=O)[O-])c1. The number of hydrogen-bond donors (Lipinski definition) is 1. The molecular weight excluding hydrogens is 284 g/mol. The van der Waals surface area contributed by atoms with Gasteiger partial charge in [0.05, 0.1) is 18.1 Å². The smallest absolute Gasteiger partial charge is 0.293 e. The lowest BCUT2D eigenvalue weighted by Crippen LogP contribution is -2.26. The van der Waals surface area contributed by atoms with Crippen molar-refractivity contribution in [2.45, 2.75) is 4.90 Å². The van der Waals surface area contributed by atoms with Gasteiger partial charge >= 0.3 is 0 Å². The van der Waals surface area contributed by atoms with E-state index in [-0.39, 0.29) is 18.2 Å². The summed E-state index contributed by atoms with van der Waals surface area (Å²) >= 11 is 5.36. The zero-order valence-corrected chi connectivity index (χ0v) is 11.0. The van der Waals surface area contributed by atoms with Crippen molar-refractivity contribution < 1.29 is 18.1 Å².